The van der Waals surface area contributed by atoms with Gasteiger partial charge in [0.1, 0.15) is 5.82 Å². The molecule has 3 heterocycles. The third kappa shape index (κ3) is 4.55. The minimum Gasteiger partial charge on any atom is -0.372 e. The molecule has 2 aliphatic rings. The summed E-state index contributed by atoms with van der Waals surface area (Å²) >= 11 is 0. The highest BCUT2D eigenvalue weighted by molar-refractivity contribution is 5.73. The highest BCUT2D eigenvalue weighted by Crippen LogP contribution is 2.22. The lowest BCUT2D eigenvalue weighted by molar-refractivity contribution is -0.120. The molecule has 0 spiro atoms. The highest BCUT2D eigenvalue weighted by Gasteiger charge is 2.37. The predicted octanol–water partition coefficient (Wildman–Crippen LogP) is 1.04. The molecule has 2 atom stereocenters. The van der Waals surface area contributed by atoms with Crippen molar-refractivity contribution in [2.45, 2.75) is 38.3 Å². The summed E-state index contributed by atoms with van der Waals surface area (Å²) in [5.41, 5.74) is 1.26. The van der Waals surface area contributed by atoms with Crippen molar-refractivity contribution in [1.82, 2.24) is 19.8 Å². The summed E-state index contributed by atoms with van der Waals surface area (Å²) in [7, 11) is 0. The van der Waals surface area contributed by atoms with E-state index in [1.807, 2.05) is 18.5 Å². The summed E-state index contributed by atoms with van der Waals surface area (Å²) in [6.07, 6.45) is 3.97. The maximum atomic E-state index is 11.2. The number of carbonyl (C=O) groups excluding carboxylic acids is 1. The van der Waals surface area contributed by atoms with E-state index in [0.717, 1.165) is 32.0 Å². The molecule has 0 bridgehead atoms. The summed E-state index contributed by atoms with van der Waals surface area (Å²) in [5, 5.41) is 2.87. The van der Waals surface area contributed by atoms with Gasteiger partial charge in [-0.2, -0.15) is 0 Å². The zero-order valence-corrected chi connectivity index (χ0v) is 15.6. The van der Waals surface area contributed by atoms with Gasteiger partial charge in [-0.15, -0.1) is 0 Å². The van der Waals surface area contributed by atoms with Crippen molar-refractivity contribution in [3.8, 4) is 0 Å². The van der Waals surface area contributed by atoms with Crippen molar-refractivity contribution in [3.63, 3.8) is 0 Å². The zero-order valence-electron chi connectivity index (χ0n) is 15.6. The second-order valence-corrected chi connectivity index (χ2v) is 7.29. The molecular formula is C20H26N4O3. The maximum absolute atomic E-state index is 11.2. The number of rotatable bonds is 5. The van der Waals surface area contributed by atoms with E-state index in [4.69, 9.17) is 9.47 Å². The van der Waals surface area contributed by atoms with E-state index in [-0.39, 0.29) is 24.2 Å². The molecule has 2 aromatic rings. The maximum Gasteiger partial charge on any atom is 0.217 e. The topological polar surface area (TPSA) is 68.6 Å². The Morgan fingerprint density at radius 3 is 2.52 bits per heavy atom. The lowest BCUT2D eigenvalue weighted by atomic mass is 10.2. The van der Waals surface area contributed by atoms with Gasteiger partial charge in [-0.05, 0) is 5.56 Å². The van der Waals surface area contributed by atoms with Gasteiger partial charge in [-0.25, -0.2) is 4.98 Å². The SMILES string of the molecule is CC(=O)NC1CO[C@H]2CN(Cc3nccn3Cc3ccccc3)C[C@@H]2OC1. The van der Waals surface area contributed by atoms with Crippen molar-refractivity contribution in [2.24, 2.45) is 0 Å². The quantitative estimate of drug-likeness (QED) is 0.852. The molecule has 7 heteroatoms. The van der Waals surface area contributed by atoms with Crippen molar-refractivity contribution >= 4 is 5.91 Å². The van der Waals surface area contributed by atoms with Crippen LogP contribution in [0.15, 0.2) is 42.7 Å². The monoisotopic (exact) mass is 370 g/mol. The Morgan fingerprint density at radius 1 is 1.15 bits per heavy atom. The number of nitrogens with one attached hydrogen (secondary N) is 1. The Kier molecular flexibility index (Phi) is 5.52. The Morgan fingerprint density at radius 2 is 1.85 bits per heavy atom. The van der Waals surface area contributed by atoms with Gasteiger partial charge in [0.2, 0.25) is 5.91 Å². The molecule has 144 valence electrons. The van der Waals surface area contributed by atoms with E-state index >= 15 is 0 Å². The molecule has 2 fully saturated rings. The van der Waals surface area contributed by atoms with Crippen molar-refractivity contribution < 1.29 is 14.3 Å². The van der Waals surface area contributed by atoms with Gasteiger partial charge in [0.15, 0.2) is 0 Å². The molecule has 1 aromatic carbocycles. The number of imidazole rings is 1. The number of ether oxygens (including phenoxy) is 2. The van der Waals surface area contributed by atoms with E-state index in [0.29, 0.717) is 13.2 Å². The molecule has 1 aromatic heterocycles. The van der Waals surface area contributed by atoms with Crippen LogP contribution in [0.2, 0.25) is 0 Å². The fourth-order valence-electron chi connectivity index (χ4n) is 3.78. The summed E-state index contributed by atoms with van der Waals surface area (Å²) in [4.78, 5) is 18.1. The predicted molar refractivity (Wildman–Crippen MR) is 100 cm³/mol. The van der Waals surface area contributed by atoms with E-state index in [2.05, 4.69) is 44.0 Å². The van der Waals surface area contributed by atoms with Gasteiger partial charge >= 0.3 is 0 Å². The zero-order chi connectivity index (χ0) is 18.6. The summed E-state index contributed by atoms with van der Waals surface area (Å²) < 4.78 is 14.2. The third-order valence-electron chi connectivity index (χ3n) is 5.08. The molecule has 7 nitrogen and oxygen atoms in total. The summed E-state index contributed by atoms with van der Waals surface area (Å²) in [6.45, 7) is 5.74. The third-order valence-corrected chi connectivity index (χ3v) is 5.08. The van der Waals surface area contributed by atoms with Crippen LogP contribution in [0.3, 0.4) is 0 Å². The average Bonchev–Trinajstić information content (AvgIpc) is 3.20. The molecular weight excluding hydrogens is 344 g/mol. The van der Waals surface area contributed by atoms with Gasteiger partial charge < -0.3 is 19.4 Å². The second kappa shape index (κ2) is 8.21. The first-order chi connectivity index (χ1) is 13.2. The molecule has 1 amide bonds. The van der Waals surface area contributed by atoms with Crippen molar-refractivity contribution in [3.05, 3.63) is 54.1 Å². The van der Waals surface area contributed by atoms with Crippen LogP contribution in [0.1, 0.15) is 18.3 Å². The minimum absolute atomic E-state index is 0.0429. The van der Waals surface area contributed by atoms with Crippen LogP contribution in [-0.2, 0) is 27.4 Å². The van der Waals surface area contributed by atoms with Crippen LogP contribution in [0.25, 0.3) is 0 Å². The molecule has 1 N–H and O–H groups in total. The Hall–Kier alpha value is -2.22. The standard InChI is InChI=1S/C20H26N4O3/c1-15(25)22-17-13-26-18-10-23(11-19(18)27-14-17)12-20-21-7-8-24(20)9-16-5-3-2-4-6-16/h2-8,17-19H,9-14H2,1H3,(H,22,25)/t18-,19-/m0/s1. The number of fused-ring (bicyclic) bond motifs is 1. The number of carbonyl (C=O) groups is 1. The van der Waals surface area contributed by atoms with E-state index in [1.54, 1.807) is 0 Å². The van der Waals surface area contributed by atoms with Crippen molar-refractivity contribution in [2.75, 3.05) is 26.3 Å². The van der Waals surface area contributed by atoms with E-state index in [1.165, 1.54) is 12.5 Å². The number of hydrogen-bond acceptors (Lipinski definition) is 5. The largest absolute Gasteiger partial charge is 0.372 e. The normalized spacial score (nSPS) is 23.7. The molecule has 2 saturated heterocycles. The Balaban J connectivity index is 1.34. The second-order valence-electron chi connectivity index (χ2n) is 7.29. The number of aromatic nitrogens is 2. The molecule has 0 unspecified atom stereocenters. The molecule has 0 saturated carbocycles. The Bertz CT molecular complexity index is 748. The molecule has 2 aliphatic heterocycles. The number of likely N-dealkylation sites (tertiary alicyclic amines) is 1. The van der Waals surface area contributed by atoms with Gasteiger partial charge in [0.05, 0.1) is 38.0 Å². The fourth-order valence-corrected chi connectivity index (χ4v) is 3.78. The van der Waals surface area contributed by atoms with Crippen LogP contribution in [-0.4, -0.2) is 64.9 Å². The smallest absolute Gasteiger partial charge is 0.217 e. The van der Waals surface area contributed by atoms with Crippen LogP contribution >= 0.6 is 0 Å². The first-order valence-electron chi connectivity index (χ1n) is 9.44. The van der Waals surface area contributed by atoms with E-state index < -0.39 is 0 Å². The first-order valence-corrected chi connectivity index (χ1v) is 9.44. The molecule has 4 rings (SSSR count). The molecule has 0 radical (unpaired) electrons. The summed E-state index contributed by atoms with van der Waals surface area (Å²) in [6, 6.07) is 10.3. The first kappa shape index (κ1) is 18.2. The van der Waals surface area contributed by atoms with Gasteiger partial charge in [0.25, 0.3) is 0 Å². The highest BCUT2D eigenvalue weighted by atomic mass is 16.6. The fraction of sp³-hybridized carbons (Fsp3) is 0.500. The minimum atomic E-state index is -0.0636. The average molecular weight is 370 g/mol. The van der Waals surface area contributed by atoms with Crippen LogP contribution in [0.4, 0.5) is 0 Å². The van der Waals surface area contributed by atoms with Gasteiger partial charge in [-0.3, -0.25) is 9.69 Å². The lowest BCUT2D eigenvalue weighted by Crippen LogP contribution is -2.40. The number of benzene rings is 1. The Labute approximate surface area is 159 Å². The number of amides is 1. The molecule has 27 heavy (non-hydrogen) atoms. The van der Waals surface area contributed by atoms with Crippen LogP contribution < -0.4 is 5.32 Å². The summed E-state index contributed by atoms with van der Waals surface area (Å²) in [5.74, 6) is 0.998. The lowest BCUT2D eigenvalue weighted by Gasteiger charge is -2.19. The van der Waals surface area contributed by atoms with Gasteiger partial charge in [0, 0.05) is 39.0 Å². The number of nitrogens with zero attached hydrogens (tertiary/aromatic N) is 3. The van der Waals surface area contributed by atoms with E-state index in [9.17, 15) is 4.79 Å². The van der Waals surface area contributed by atoms with Crippen molar-refractivity contribution in [1.29, 1.82) is 0 Å². The van der Waals surface area contributed by atoms with Gasteiger partial charge in [-0.1, -0.05) is 30.3 Å². The number of hydrogen-bond donors (Lipinski definition) is 1. The van der Waals surface area contributed by atoms with Crippen LogP contribution in [0.5, 0.6) is 0 Å². The molecule has 0 aliphatic carbocycles. The van der Waals surface area contributed by atoms with Crippen LogP contribution in [0, 0.1) is 0 Å².